The summed E-state index contributed by atoms with van der Waals surface area (Å²) < 4.78 is 5.10. The van der Waals surface area contributed by atoms with Gasteiger partial charge in [0.2, 0.25) is 0 Å². The molecule has 0 saturated carbocycles. The van der Waals surface area contributed by atoms with Gasteiger partial charge in [0.15, 0.2) is 0 Å². The Kier molecular flexibility index (Phi) is 5.72. The summed E-state index contributed by atoms with van der Waals surface area (Å²) in [5.74, 6) is 0.634. The second-order valence-corrected chi connectivity index (χ2v) is 5.33. The van der Waals surface area contributed by atoms with Crippen LogP contribution in [0.5, 0.6) is 0 Å². The van der Waals surface area contributed by atoms with E-state index in [1.54, 1.807) is 6.26 Å². The highest BCUT2D eigenvalue weighted by molar-refractivity contribution is 5.04. The fraction of sp³-hybridized carbons (Fsp3) is 0.714. The summed E-state index contributed by atoms with van der Waals surface area (Å²) in [6, 6.07) is 3.14. The molecule has 0 saturated heterocycles. The Morgan fingerprint density at radius 3 is 2.53 bits per heavy atom. The molecule has 1 N–H and O–H groups in total. The third-order valence-electron chi connectivity index (χ3n) is 3.38. The molecule has 0 amide bonds. The van der Waals surface area contributed by atoms with Gasteiger partial charge in [0.05, 0.1) is 12.5 Å². The first-order valence-electron chi connectivity index (χ1n) is 6.45. The third kappa shape index (κ3) is 4.92. The van der Waals surface area contributed by atoms with Gasteiger partial charge >= 0.3 is 0 Å². The summed E-state index contributed by atoms with van der Waals surface area (Å²) in [6.45, 7) is 11.0. The Balaban J connectivity index is 2.37. The van der Waals surface area contributed by atoms with Crippen molar-refractivity contribution in [3.63, 3.8) is 0 Å². The first-order chi connectivity index (χ1) is 8.00. The average molecular weight is 238 g/mol. The summed E-state index contributed by atoms with van der Waals surface area (Å²) >= 11 is 0. The van der Waals surface area contributed by atoms with Crippen molar-refractivity contribution in [3.05, 3.63) is 24.2 Å². The van der Waals surface area contributed by atoms with E-state index in [9.17, 15) is 0 Å². The van der Waals surface area contributed by atoms with Crippen molar-refractivity contribution in [2.24, 2.45) is 5.92 Å². The standard InChI is InChI=1S/C14H26N2O/c1-11(2)15-8-12(3)13(4)16(5)9-14-6-7-17-10-14/h6-7,10-13,15H,8-9H2,1-5H3. The Morgan fingerprint density at radius 2 is 2.00 bits per heavy atom. The first kappa shape index (κ1) is 14.3. The van der Waals surface area contributed by atoms with Crippen LogP contribution in [0.15, 0.2) is 23.0 Å². The van der Waals surface area contributed by atoms with Crippen molar-refractivity contribution in [3.8, 4) is 0 Å². The number of hydrogen-bond acceptors (Lipinski definition) is 3. The largest absolute Gasteiger partial charge is 0.472 e. The zero-order valence-corrected chi connectivity index (χ0v) is 11.7. The fourth-order valence-corrected chi connectivity index (χ4v) is 1.84. The van der Waals surface area contributed by atoms with Crippen LogP contribution in [-0.2, 0) is 6.54 Å². The van der Waals surface area contributed by atoms with Crippen LogP contribution in [0.4, 0.5) is 0 Å². The quantitative estimate of drug-likeness (QED) is 0.791. The minimum absolute atomic E-state index is 0.552. The maximum Gasteiger partial charge on any atom is 0.0947 e. The van der Waals surface area contributed by atoms with Crippen molar-refractivity contribution in [2.45, 2.75) is 46.3 Å². The van der Waals surface area contributed by atoms with Crippen LogP contribution in [0.1, 0.15) is 33.3 Å². The van der Waals surface area contributed by atoms with Crippen LogP contribution < -0.4 is 5.32 Å². The summed E-state index contributed by atoms with van der Waals surface area (Å²) in [6.07, 6.45) is 3.55. The van der Waals surface area contributed by atoms with Crippen LogP contribution in [0.25, 0.3) is 0 Å². The summed E-state index contributed by atoms with van der Waals surface area (Å²) in [4.78, 5) is 2.37. The van der Waals surface area contributed by atoms with Gasteiger partial charge in [0.1, 0.15) is 0 Å². The lowest BCUT2D eigenvalue weighted by molar-refractivity contribution is 0.186. The molecule has 2 atom stereocenters. The minimum atomic E-state index is 0.552. The van der Waals surface area contributed by atoms with E-state index < -0.39 is 0 Å². The molecule has 0 aliphatic rings. The Morgan fingerprint density at radius 1 is 1.29 bits per heavy atom. The van der Waals surface area contributed by atoms with Crippen molar-refractivity contribution in [1.29, 1.82) is 0 Å². The van der Waals surface area contributed by atoms with Crippen molar-refractivity contribution in [1.82, 2.24) is 10.2 Å². The van der Waals surface area contributed by atoms with Gasteiger partial charge in [-0.15, -0.1) is 0 Å². The fourth-order valence-electron chi connectivity index (χ4n) is 1.84. The molecule has 0 aliphatic heterocycles. The van der Waals surface area contributed by atoms with Gasteiger partial charge in [0, 0.05) is 24.2 Å². The molecule has 1 heterocycles. The zero-order valence-electron chi connectivity index (χ0n) is 11.7. The van der Waals surface area contributed by atoms with E-state index in [2.05, 4.69) is 45.0 Å². The molecule has 0 radical (unpaired) electrons. The van der Waals surface area contributed by atoms with Crippen molar-refractivity contribution in [2.75, 3.05) is 13.6 Å². The SMILES string of the molecule is CC(C)NCC(C)C(C)N(C)Cc1ccoc1. The van der Waals surface area contributed by atoms with Gasteiger partial charge in [0.25, 0.3) is 0 Å². The molecular weight excluding hydrogens is 212 g/mol. The lowest BCUT2D eigenvalue weighted by Crippen LogP contribution is -2.40. The number of nitrogens with zero attached hydrogens (tertiary/aromatic N) is 1. The lowest BCUT2D eigenvalue weighted by Gasteiger charge is -2.30. The van der Waals surface area contributed by atoms with Gasteiger partial charge in [-0.2, -0.15) is 0 Å². The topological polar surface area (TPSA) is 28.4 Å². The maximum absolute atomic E-state index is 5.10. The average Bonchev–Trinajstić information content (AvgIpc) is 2.77. The van der Waals surface area contributed by atoms with Gasteiger partial charge in [-0.1, -0.05) is 20.8 Å². The normalized spacial score (nSPS) is 15.5. The van der Waals surface area contributed by atoms with Gasteiger partial charge < -0.3 is 9.73 Å². The summed E-state index contributed by atoms with van der Waals surface area (Å²) in [5.41, 5.74) is 1.24. The van der Waals surface area contributed by atoms with Gasteiger partial charge in [-0.25, -0.2) is 0 Å². The van der Waals surface area contributed by atoms with Crippen molar-refractivity contribution >= 4 is 0 Å². The van der Waals surface area contributed by atoms with Crippen LogP contribution in [0, 0.1) is 5.92 Å². The number of rotatable bonds is 7. The van der Waals surface area contributed by atoms with Gasteiger partial charge in [-0.3, -0.25) is 4.90 Å². The molecule has 3 heteroatoms. The van der Waals surface area contributed by atoms with E-state index in [4.69, 9.17) is 4.42 Å². The predicted molar refractivity (Wildman–Crippen MR) is 71.9 cm³/mol. The van der Waals surface area contributed by atoms with E-state index in [1.165, 1.54) is 5.56 Å². The lowest BCUT2D eigenvalue weighted by atomic mass is 10.0. The molecule has 17 heavy (non-hydrogen) atoms. The van der Waals surface area contributed by atoms with Crippen molar-refractivity contribution < 1.29 is 4.42 Å². The molecule has 0 fully saturated rings. The third-order valence-corrected chi connectivity index (χ3v) is 3.38. The first-order valence-corrected chi connectivity index (χ1v) is 6.45. The Bertz CT molecular complexity index is 295. The molecule has 3 nitrogen and oxygen atoms in total. The molecule has 1 aromatic rings. The van der Waals surface area contributed by atoms with E-state index in [0.29, 0.717) is 18.0 Å². The molecule has 1 rings (SSSR count). The smallest absolute Gasteiger partial charge is 0.0947 e. The molecule has 0 aromatic carbocycles. The van der Waals surface area contributed by atoms with Crippen LogP contribution in [0.2, 0.25) is 0 Å². The molecule has 0 spiro atoms. The molecule has 98 valence electrons. The maximum atomic E-state index is 5.10. The highest BCUT2D eigenvalue weighted by Gasteiger charge is 2.17. The predicted octanol–water partition coefficient (Wildman–Crippen LogP) is 2.73. The van der Waals surface area contributed by atoms with Crippen LogP contribution >= 0.6 is 0 Å². The van der Waals surface area contributed by atoms with Crippen LogP contribution in [-0.4, -0.2) is 30.6 Å². The number of furan rings is 1. The van der Waals surface area contributed by atoms with Crippen LogP contribution in [0.3, 0.4) is 0 Å². The number of hydrogen-bond donors (Lipinski definition) is 1. The van der Waals surface area contributed by atoms with E-state index in [-0.39, 0.29) is 0 Å². The number of nitrogens with one attached hydrogen (secondary N) is 1. The highest BCUT2D eigenvalue weighted by atomic mass is 16.3. The minimum Gasteiger partial charge on any atom is -0.472 e. The summed E-state index contributed by atoms with van der Waals surface area (Å²) in [5, 5.41) is 3.49. The molecular formula is C14H26N2O. The van der Waals surface area contributed by atoms with Gasteiger partial charge in [-0.05, 0) is 32.5 Å². The molecule has 2 unspecified atom stereocenters. The Hall–Kier alpha value is -0.800. The molecule has 1 aromatic heterocycles. The Labute approximate surface area is 105 Å². The van der Waals surface area contributed by atoms with E-state index in [1.807, 2.05) is 12.3 Å². The highest BCUT2D eigenvalue weighted by Crippen LogP contribution is 2.12. The zero-order chi connectivity index (χ0) is 12.8. The van der Waals surface area contributed by atoms with E-state index in [0.717, 1.165) is 13.1 Å². The van der Waals surface area contributed by atoms with E-state index >= 15 is 0 Å². The molecule has 0 bridgehead atoms. The second kappa shape index (κ2) is 6.82. The molecule has 0 aliphatic carbocycles. The second-order valence-electron chi connectivity index (χ2n) is 5.33. The summed E-state index contributed by atoms with van der Waals surface area (Å²) in [7, 11) is 2.17. The monoisotopic (exact) mass is 238 g/mol.